The van der Waals surface area contributed by atoms with Crippen molar-refractivity contribution in [2.75, 3.05) is 25.5 Å². The van der Waals surface area contributed by atoms with E-state index < -0.39 is 0 Å². The van der Waals surface area contributed by atoms with E-state index >= 15 is 0 Å². The molecule has 0 atom stereocenters. The number of hydrogen-bond donors (Lipinski definition) is 2. The average molecular weight is 355 g/mol. The Balaban J connectivity index is 1.70. The molecule has 1 aromatic heterocycles. The second-order valence-corrected chi connectivity index (χ2v) is 5.36. The fourth-order valence-electron chi connectivity index (χ4n) is 1.77. The van der Waals surface area contributed by atoms with Crippen molar-refractivity contribution in [3.05, 3.63) is 46.2 Å². The lowest BCUT2D eigenvalue weighted by molar-refractivity contribution is 0.0953. The number of nitrogens with zero attached hydrogens (tertiary/aromatic N) is 2. The number of anilines is 1. The number of halogens is 2. The predicted octanol–water partition coefficient (Wildman–Crippen LogP) is 3.02. The number of methoxy groups -OCH3 is 1. The van der Waals surface area contributed by atoms with Crippen LogP contribution in [0.1, 0.15) is 16.8 Å². The molecule has 1 heterocycles. The number of nitrogens with one attached hydrogen (secondary N) is 2. The molecule has 2 rings (SSSR count). The second-order valence-electron chi connectivity index (χ2n) is 4.60. The summed E-state index contributed by atoms with van der Waals surface area (Å²) in [5.74, 6) is 0.992. The van der Waals surface area contributed by atoms with E-state index in [4.69, 9.17) is 27.9 Å². The predicted molar refractivity (Wildman–Crippen MR) is 90.5 cm³/mol. The van der Waals surface area contributed by atoms with Gasteiger partial charge in [-0.25, -0.2) is 4.98 Å². The Morgan fingerprint density at radius 2 is 1.96 bits per heavy atom. The lowest BCUT2D eigenvalue weighted by Crippen LogP contribution is -2.25. The number of rotatable bonds is 7. The lowest BCUT2D eigenvalue weighted by atomic mass is 10.2. The van der Waals surface area contributed by atoms with Gasteiger partial charge in [-0.3, -0.25) is 4.79 Å². The summed E-state index contributed by atoms with van der Waals surface area (Å²) in [5, 5.41) is 6.36. The molecule has 122 valence electrons. The zero-order valence-corrected chi connectivity index (χ0v) is 14.0. The molecule has 0 saturated carbocycles. The highest BCUT2D eigenvalue weighted by molar-refractivity contribution is 6.41. The SMILES string of the molecule is COc1ccc(C(=O)NCCCNc2ncc(Cl)c(Cl)n2)cc1. The van der Waals surface area contributed by atoms with E-state index in [0.717, 1.165) is 0 Å². The largest absolute Gasteiger partial charge is 0.497 e. The molecule has 1 amide bonds. The molecule has 0 aliphatic heterocycles. The number of amides is 1. The highest BCUT2D eigenvalue weighted by atomic mass is 35.5. The minimum absolute atomic E-state index is 0.126. The first-order valence-corrected chi connectivity index (χ1v) is 7.70. The van der Waals surface area contributed by atoms with Crippen LogP contribution in [0.3, 0.4) is 0 Å². The number of hydrogen-bond acceptors (Lipinski definition) is 5. The topological polar surface area (TPSA) is 76.1 Å². The molecule has 0 saturated heterocycles. The van der Waals surface area contributed by atoms with Gasteiger partial charge in [0.15, 0.2) is 5.15 Å². The van der Waals surface area contributed by atoms with Crippen LogP contribution in [0.2, 0.25) is 10.2 Å². The highest BCUT2D eigenvalue weighted by Gasteiger charge is 2.05. The smallest absolute Gasteiger partial charge is 0.251 e. The molecule has 23 heavy (non-hydrogen) atoms. The third kappa shape index (κ3) is 5.26. The zero-order chi connectivity index (χ0) is 16.7. The number of carbonyl (C=O) groups is 1. The normalized spacial score (nSPS) is 10.2. The van der Waals surface area contributed by atoms with Crippen LogP contribution in [-0.4, -0.2) is 36.1 Å². The number of ether oxygens (including phenoxy) is 1. The van der Waals surface area contributed by atoms with Crippen LogP contribution < -0.4 is 15.4 Å². The van der Waals surface area contributed by atoms with Crippen molar-refractivity contribution in [3.63, 3.8) is 0 Å². The first-order chi connectivity index (χ1) is 11.1. The Morgan fingerprint density at radius 3 is 2.61 bits per heavy atom. The van der Waals surface area contributed by atoms with Gasteiger partial charge >= 0.3 is 0 Å². The first kappa shape index (κ1) is 17.3. The molecule has 0 bridgehead atoms. The van der Waals surface area contributed by atoms with Crippen molar-refractivity contribution in [2.45, 2.75) is 6.42 Å². The first-order valence-electron chi connectivity index (χ1n) is 6.94. The molecule has 2 N–H and O–H groups in total. The van der Waals surface area contributed by atoms with Crippen LogP contribution in [0.25, 0.3) is 0 Å². The highest BCUT2D eigenvalue weighted by Crippen LogP contribution is 2.18. The van der Waals surface area contributed by atoms with Gasteiger partial charge in [-0.05, 0) is 30.7 Å². The fourth-order valence-corrected chi connectivity index (χ4v) is 1.99. The van der Waals surface area contributed by atoms with Crippen LogP contribution in [0.15, 0.2) is 30.5 Å². The van der Waals surface area contributed by atoms with Crippen molar-refractivity contribution in [2.24, 2.45) is 0 Å². The molecule has 8 heteroatoms. The second kappa shape index (κ2) is 8.55. The summed E-state index contributed by atoms with van der Waals surface area (Å²) in [6.07, 6.45) is 2.15. The van der Waals surface area contributed by atoms with Gasteiger partial charge in [0.1, 0.15) is 5.75 Å². The summed E-state index contributed by atoms with van der Waals surface area (Å²) >= 11 is 11.5. The number of aromatic nitrogens is 2. The van der Waals surface area contributed by atoms with Crippen LogP contribution in [-0.2, 0) is 0 Å². The Kier molecular flexibility index (Phi) is 6.43. The maximum atomic E-state index is 11.9. The molecule has 0 spiro atoms. The van der Waals surface area contributed by atoms with E-state index in [-0.39, 0.29) is 11.1 Å². The van der Waals surface area contributed by atoms with E-state index in [2.05, 4.69) is 20.6 Å². The van der Waals surface area contributed by atoms with Gasteiger partial charge in [0, 0.05) is 18.7 Å². The van der Waals surface area contributed by atoms with Crippen molar-refractivity contribution < 1.29 is 9.53 Å². The molecular weight excluding hydrogens is 339 g/mol. The standard InChI is InChI=1S/C15H16Cl2N4O2/c1-23-11-5-3-10(4-6-11)14(22)18-7-2-8-19-15-20-9-12(16)13(17)21-15/h3-6,9H,2,7-8H2,1H3,(H,18,22)(H,19,20,21). The van der Waals surface area contributed by atoms with Crippen molar-refractivity contribution in [3.8, 4) is 5.75 Å². The molecule has 6 nitrogen and oxygen atoms in total. The van der Waals surface area contributed by atoms with Gasteiger partial charge in [0.25, 0.3) is 5.91 Å². The van der Waals surface area contributed by atoms with Gasteiger partial charge in [-0.2, -0.15) is 4.98 Å². The lowest BCUT2D eigenvalue weighted by Gasteiger charge is -2.07. The van der Waals surface area contributed by atoms with E-state index in [1.165, 1.54) is 6.20 Å². The summed E-state index contributed by atoms with van der Waals surface area (Å²) in [7, 11) is 1.58. The molecule has 0 fully saturated rings. The van der Waals surface area contributed by atoms with Crippen molar-refractivity contribution in [1.29, 1.82) is 0 Å². The van der Waals surface area contributed by atoms with Crippen LogP contribution >= 0.6 is 23.2 Å². The quantitative estimate of drug-likeness (QED) is 0.590. The van der Waals surface area contributed by atoms with Gasteiger partial charge in [0.05, 0.1) is 18.3 Å². The molecule has 0 radical (unpaired) electrons. The molecule has 0 aliphatic carbocycles. The monoisotopic (exact) mass is 354 g/mol. The molecule has 1 aromatic carbocycles. The summed E-state index contributed by atoms with van der Waals surface area (Å²) in [5.41, 5.74) is 0.589. The van der Waals surface area contributed by atoms with Gasteiger partial charge in [0.2, 0.25) is 5.95 Å². The summed E-state index contributed by atoms with van der Waals surface area (Å²) in [4.78, 5) is 19.9. The van der Waals surface area contributed by atoms with Gasteiger partial charge in [-0.1, -0.05) is 23.2 Å². The van der Waals surface area contributed by atoms with E-state index in [9.17, 15) is 4.79 Å². The minimum atomic E-state index is -0.126. The third-order valence-electron chi connectivity index (χ3n) is 2.98. The number of carbonyl (C=O) groups excluding carboxylic acids is 1. The average Bonchev–Trinajstić information content (AvgIpc) is 2.57. The molecule has 2 aromatic rings. The maximum Gasteiger partial charge on any atom is 0.251 e. The molecule has 0 aliphatic rings. The van der Waals surface area contributed by atoms with Crippen molar-refractivity contribution >= 4 is 35.1 Å². The Hall–Kier alpha value is -2.05. The molecular formula is C15H16Cl2N4O2. The van der Waals surface area contributed by atoms with E-state index in [1.807, 2.05) is 0 Å². The van der Waals surface area contributed by atoms with Gasteiger partial charge < -0.3 is 15.4 Å². The van der Waals surface area contributed by atoms with Crippen LogP contribution in [0.4, 0.5) is 5.95 Å². The zero-order valence-electron chi connectivity index (χ0n) is 12.5. The van der Waals surface area contributed by atoms with Crippen LogP contribution in [0.5, 0.6) is 5.75 Å². The Labute approximate surface area is 144 Å². The Morgan fingerprint density at radius 1 is 1.22 bits per heavy atom. The minimum Gasteiger partial charge on any atom is -0.497 e. The van der Waals surface area contributed by atoms with E-state index in [1.54, 1.807) is 31.4 Å². The molecule has 0 unspecified atom stereocenters. The summed E-state index contributed by atoms with van der Waals surface area (Å²) in [6, 6.07) is 6.93. The third-order valence-corrected chi connectivity index (χ3v) is 3.64. The summed E-state index contributed by atoms with van der Waals surface area (Å²) < 4.78 is 5.05. The van der Waals surface area contributed by atoms with Crippen LogP contribution in [0, 0.1) is 0 Å². The van der Waals surface area contributed by atoms with E-state index in [0.29, 0.717) is 41.8 Å². The fraction of sp³-hybridized carbons (Fsp3) is 0.267. The number of benzene rings is 1. The van der Waals surface area contributed by atoms with Gasteiger partial charge in [-0.15, -0.1) is 0 Å². The maximum absolute atomic E-state index is 11.9. The summed E-state index contributed by atoms with van der Waals surface area (Å²) in [6.45, 7) is 1.13. The Bertz CT molecular complexity index is 665. The van der Waals surface area contributed by atoms with Crippen molar-refractivity contribution in [1.82, 2.24) is 15.3 Å².